The molecular formula is C9H11N3O. The van der Waals surface area contributed by atoms with Crippen LogP contribution >= 0.6 is 0 Å². The van der Waals surface area contributed by atoms with E-state index in [4.69, 9.17) is 10.3 Å². The highest BCUT2D eigenvalue weighted by atomic mass is 16.5. The van der Waals surface area contributed by atoms with Crippen molar-refractivity contribution < 1.29 is 4.74 Å². The zero-order valence-corrected chi connectivity index (χ0v) is 7.47. The van der Waals surface area contributed by atoms with Gasteiger partial charge in [-0.2, -0.15) is 0 Å². The Morgan fingerprint density at radius 1 is 1.46 bits per heavy atom. The van der Waals surface area contributed by atoms with E-state index in [2.05, 4.69) is 10.0 Å². The van der Waals surface area contributed by atoms with Gasteiger partial charge in [-0.3, -0.25) is 0 Å². The van der Waals surface area contributed by atoms with E-state index in [9.17, 15) is 0 Å². The number of rotatable bonds is 4. The van der Waals surface area contributed by atoms with E-state index < -0.39 is 0 Å². The highest BCUT2D eigenvalue weighted by Crippen LogP contribution is 2.07. The van der Waals surface area contributed by atoms with Crippen molar-refractivity contribution in [2.24, 2.45) is 5.11 Å². The maximum atomic E-state index is 8.13. The fourth-order valence-electron chi connectivity index (χ4n) is 1.10. The van der Waals surface area contributed by atoms with Crippen molar-refractivity contribution in [1.29, 1.82) is 0 Å². The van der Waals surface area contributed by atoms with Crippen molar-refractivity contribution in [2.75, 3.05) is 7.11 Å². The second kappa shape index (κ2) is 5.19. The van der Waals surface area contributed by atoms with Crippen LogP contribution in [-0.4, -0.2) is 7.11 Å². The molecule has 1 aromatic rings. The molecule has 0 aliphatic rings. The molecule has 0 spiro atoms. The summed E-state index contributed by atoms with van der Waals surface area (Å²) in [5.74, 6) is 0. The van der Waals surface area contributed by atoms with Gasteiger partial charge >= 0.3 is 0 Å². The van der Waals surface area contributed by atoms with Gasteiger partial charge in [-0.05, 0) is 16.7 Å². The molecule has 0 atom stereocenters. The van der Waals surface area contributed by atoms with E-state index in [0.717, 1.165) is 11.1 Å². The van der Waals surface area contributed by atoms with Gasteiger partial charge in [0.1, 0.15) is 0 Å². The quantitative estimate of drug-likeness (QED) is 0.396. The number of benzene rings is 1. The topological polar surface area (TPSA) is 58.0 Å². The summed E-state index contributed by atoms with van der Waals surface area (Å²) in [7, 11) is 1.65. The van der Waals surface area contributed by atoms with Gasteiger partial charge in [0.05, 0.1) is 13.2 Å². The summed E-state index contributed by atoms with van der Waals surface area (Å²) in [6.07, 6.45) is 0. The Hall–Kier alpha value is -1.51. The third kappa shape index (κ3) is 3.15. The van der Waals surface area contributed by atoms with Crippen molar-refractivity contribution in [3.05, 3.63) is 45.8 Å². The maximum Gasteiger partial charge on any atom is 0.0713 e. The van der Waals surface area contributed by atoms with Gasteiger partial charge in [0, 0.05) is 12.0 Å². The molecule has 0 fully saturated rings. The van der Waals surface area contributed by atoms with Gasteiger partial charge in [0.2, 0.25) is 0 Å². The number of hydrogen-bond acceptors (Lipinski definition) is 2. The average molecular weight is 177 g/mol. The van der Waals surface area contributed by atoms with Crippen molar-refractivity contribution in [3.8, 4) is 0 Å². The number of hydrogen-bond donors (Lipinski definition) is 0. The van der Waals surface area contributed by atoms with Crippen LogP contribution in [0.25, 0.3) is 10.4 Å². The Labute approximate surface area is 76.8 Å². The van der Waals surface area contributed by atoms with Crippen LogP contribution < -0.4 is 0 Å². The third-order valence-corrected chi connectivity index (χ3v) is 1.62. The van der Waals surface area contributed by atoms with Crippen LogP contribution in [-0.2, 0) is 17.9 Å². The fraction of sp³-hybridized carbons (Fsp3) is 0.333. The molecule has 13 heavy (non-hydrogen) atoms. The molecule has 0 heterocycles. The van der Waals surface area contributed by atoms with E-state index >= 15 is 0 Å². The standard InChI is InChI=1S/C9H11N3O/c1-13-7-9-4-2-3-8(5-9)6-11-12-10/h2-5H,6-7H2,1H3. The predicted molar refractivity (Wildman–Crippen MR) is 50.0 cm³/mol. The van der Waals surface area contributed by atoms with Gasteiger partial charge < -0.3 is 4.74 Å². The van der Waals surface area contributed by atoms with Crippen LogP contribution in [0.2, 0.25) is 0 Å². The number of ether oxygens (including phenoxy) is 1. The molecule has 68 valence electrons. The molecule has 0 saturated carbocycles. The Morgan fingerprint density at radius 2 is 2.23 bits per heavy atom. The van der Waals surface area contributed by atoms with Crippen molar-refractivity contribution in [2.45, 2.75) is 13.2 Å². The van der Waals surface area contributed by atoms with Gasteiger partial charge in [0.15, 0.2) is 0 Å². The molecule has 4 nitrogen and oxygen atoms in total. The highest BCUT2D eigenvalue weighted by molar-refractivity contribution is 5.22. The van der Waals surface area contributed by atoms with E-state index in [-0.39, 0.29) is 0 Å². The zero-order valence-electron chi connectivity index (χ0n) is 7.47. The van der Waals surface area contributed by atoms with Crippen LogP contribution in [0.3, 0.4) is 0 Å². The first-order chi connectivity index (χ1) is 6.36. The lowest BCUT2D eigenvalue weighted by molar-refractivity contribution is 0.185. The van der Waals surface area contributed by atoms with E-state index in [1.807, 2.05) is 24.3 Å². The summed E-state index contributed by atoms with van der Waals surface area (Å²) in [6.45, 7) is 0.984. The van der Waals surface area contributed by atoms with Crippen LogP contribution in [0.1, 0.15) is 11.1 Å². The molecule has 0 unspecified atom stereocenters. The number of nitrogens with zero attached hydrogens (tertiary/aromatic N) is 3. The summed E-state index contributed by atoms with van der Waals surface area (Å²) >= 11 is 0. The summed E-state index contributed by atoms with van der Waals surface area (Å²) in [6, 6.07) is 7.80. The minimum atomic E-state index is 0.397. The first-order valence-electron chi connectivity index (χ1n) is 3.94. The average Bonchev–Trinajstić information content (AvgIpc) is 2.16. The number of methoxy groups -OCH3 is 1. The van der Waals surface area contributed by atoms with Crippen LogP contribution in [0.5, 0.6) is 0 Å². The van der Waals surface area contributed by atoms with Crippen LogP contribution in [0.15, 0.2) is 29.4 Å². The molecule has 0 aromatic heterocycles. The maximum absolute atomic E-state index is 8.13. The largest absolute Gasteiger partial charge is 0.380 e. The molecule has 0 bridgehead atoms. The molecule has 0 N–H and O–H groups in total. The molecule has 0 aliphatic heterocycles. The zero-order chi connectivity index (χ0) is 9.52. The number of azide groups is 1. The second-order valence-corrected chi connectivity index (χ2v) is 2.64. The Kier molecular flexibility index (Phi) is 3.82. The molecule has 1 aromatic carbocycles. The van der Waals surface area contributed by atoms with E-state index in [0.29, 0.717) is 13.2 Å². The molecule has 1 rings (SSSR count). The van der Waals surface area contributed by atoms with Gasteiger partial charge in [-0.25, -0.2) is 0 Å². The first kappa shape index (κ1) is 9.58. The predicted octanol–water partition coefficient (Wildman–Crippen LogP) is 2.64. The summed E-state index contributed by atoms with van der Waals surface area (Å²) < 4.78 is 4.98. The third-order valence-electron chi connectivity index (χ3n) is 1.62. The van der Waals surface area contributed by atoms with Gasteiger partial charge in [-0.1, -0.05) is 29.4 Å². The van der Waals surface area contributed by atoms with Crippen molar-refractivity contribution in [3.63, 3.8) is 0 Å². The first-order valence-corrected chi connectivity index (χ1v) is 3.94. The molecule has 0 saturated heterocycles. The van der Waals surface area contributed by atoms with Gasteiger partial charge in [-0.15, -0.1) is 0 Å². The Balaban J connectivity index is 2.72. The lowest BCUT2D eigenvalue weighted by Crippen LogP contribution is -1.89. The smallest absolute Gasteiger partial charge is 0.0713 e. The van der Waals surface area contributed by atoms with Gasteiger partial charge in [0.25, 0.3) is 0 Å². The minimum Gasteiger partial charge on any atom is -0.380 e. The van der Waals surface area contributed by atoms with E-state index in [1.165, 1.54) is 0 Å². The molecule has 4 heteroatoms. The lowest BCUT2D eigenvalue weighted by atomic mass is 10.1. The Bertz CT molecular complexity index is 318. The second-order valence-electron chi connectivity index (χ2n) is 2.64. The summed E-state index contributed by atoms with van der Waals surface area (Å²) in [5, 5.41) is 3.48. The van der Waals surface area contributed by atoms with E-state index in [1.54, 1.807) is 7.11 Å². The van der Waals surface area contributed by atoms with Crippen LogP contribution in [0.4, 0.5) is 0 Å². The SMILES string of the molecule is COCc1cccc(CN=[N+]=[N-])c1. The van der Waals surface area contributed by atoms with Crippen LogP contribution in [0, 0.1) is 0 Å². The monoisotopic (exact) mass is 177 g/mol. The van der Waals surface area contributed by atoms with Crippen molar-refractivity contribution >= 4 is 0 Å². The fourth-order valence-corrected chi connectivity index (χ4v) is 1.10. The molecule has 0 aliphatic carbocycles. The molecule has 0 amide bonds. The Morgan fingerprint density at radius 3 is 2.92 bits per heavy atom. The highest BCUT2D eigenvalue weighted by Gasteiger charge is 1.93. The molecule has 0 radical (unpaired) electrons. The normalized spacial score (nSPS) is 9.31. The summed E-state index contributed by atoms with van der Waals surface area (Å²) in [5.41, 5.74) is 10.2. The van der Waals surface area contributed by atoms with Crippen molar-refractivity contribution in [1.82, 2.24) is 0 Å². The minimum absolute atomic E-state index is 0.397. The summed E-state index contributed by atoms with van der Waals surface area (Å²) in [4.78, 5) is 2.70. The molecular weight excluding hydrogens is 166 g/mol. The lowest BCUT2D eigenvalue weighted by Gasteiger charge is -2.01.